The van der Waals surface area contributed by atoms with Gasteiger partial charge in [-0.25, -0.2) is 0 Å². The second-order valence-electron chi connectivity index (χ2n) is 6.68. The second-order valence-corrected chi connectivity index (χ2v) is 7.61. The van der Waals surface area contributed by atoms with E-state index < -0.39 is 0 Å². The molecule has 0 radical (unpaired) electrons. The van der Waals surface area contributed by atoms with E-state index in [2.05, 4.69) is 45.2 Å². The number of benzene rings is 2. The average Bonchev–Trinajstić information content (AvgIpc) is 3.50. The molecule has 0 atom stereocenters. The summed E-state index contributed by atoms with van der Waals surface area (Å²) in [6.45, 7) is 3.02. The molecule has 1 N–H and O–H groups in total. The third-order valence-electron chi connectivity index (χ3n) is 4.84. The summed E-state index contributed by atoms with van der Waals surface area (Å²) >= 11 is 1.18. The maximum atomic E-state index is 12.4. The minimum atomic E-state index is -0.142. The number of carbonyl (C=O) groups is 1. The summed E-state index contributed by atoms with van der Waals surface area (Å²) < 4.78 is 13.0. The lowest BCUT2D eigenvalue weighted by Gasteiger charge is -2.06. The van der Waals surface area contributed by atoms with E-state index in [0.29, 0.717) is 16.9 Å². The molecule has 150 valence electrons. The number of fused-ring (bicyclic) bond motifs is 3. The molecule has 5 aromatic rings. The minimum Gasteiger partial charge on any atom is -0.459 e. The lowest BCUT2D eigenvalue weighted by molar-refractivity contribution is -0.113. The van der Waals surface area contributed by atoms with Gasteiger partial charge in [0.1, 0.15) is 0 Å². The third-order valence-corrected chi connectivity index (χ3v) is 5.66. The highest BCUT2D eigenvalue weighted by molar-refractivity contribution is 7.99. The van der Waals surface area contributed by atoms with Crippen LogP contribution in [0.5, 0.6) is 0 Å². The van der Waals surface area contributed by atoms with Crippen LogP contribution in [-0.2, 0) is 11.3 Å². The van der Waals surface area contributed by atoms with Gasteiger partial charge in [0.2, 0.25) is 5.91 Å². The predicted molar refractivity (Wildman–Crippen MR) is 116 cm³/mol. The van der Waals surface area contributed by atoms with Crippen LogP contribution in [0.1, 0.15) is 6.92 Å². The van der Waals surface area contributed by atoms with Crippen LogP contribution in [-0.4, -0.2) is 26.4 Å². The number of aromatic nitrogens is 3. The van der Waals surface area contributed by atoms with E-state index in [1.54, 1.807) is 12.1 Å². The van der Waals surface area contributed by atoms with Crippen LogP contribution in [0.15, 0.2) is 74.9 Å². The first-order valence-corrected chi connectivity index (χ1v) is 10.5. The Hall–Kier alpha value is -3.52. The number of thioether (sulfide) groups is 1. The van der Waals surface area contributed by atoms with Gasteiger partial charge < -0.3 is 18.7 Å². The fourth-order valence-corrected chi connectivity index (χ4v) is 4.13. The predicted octanol–water partition coefficient (Wildman–Crippen LogP) is 5.19. The summed E-state index contributed by atoms with van der Waals surface area (Å²) in [6.07, 6.45) is 1.54. The van der Waals surface area contributed by atoms with E-state index in [0.717, 1.165) is 23.1 Å². The Labute approximate surface area is 176 Å². The number of hydrogen-bond donors (Lipinski definition) is 1. The molecule has 0 aliphatic carbocycles. The molecule has 0 saturated heterocycles. The number of hydrogen-bond acceptors (Lipinski definition) is 6. The molecule has 0 fully saturated rings. The molecule has 30 heavy (non-hydrogen) atoms. The molecule has 1 amide bonds. The Morgan fingerprint density at radius 3 is 2.77 bits per heavy atom. The van der Waals surface area contributed by atoms with Crippen molar-refractivity contribution in [2.45, 2.75) is 18.7 Å². The summed E-state index contributed by atoms with van der Waals surface area (Å²) in [5.74, 6) is 0.810. The number of rotatable bonds is 6. The minimum absolute atomic E-state index is 0.142. The third kappa shape index (κ3) is 3.35. The van der Waals surface area contributed by atoms with Crippen molar-refractivity contribution in [1.29, 1.82) is 0 Å². The number of nitrogens with one attached hydrogen (secondary N) is 1. The molecular weight excluding hydrogens is 400 g/mol. The summed E-state index contributed by atoms with van der Waals surface area (Å²) in [5.41, 5.74) is 3.11. The van der Waals surface area contributed by atoms with Crippen LogP contribution in [0, 0.1) is 0 Å². The van der Waals surface area contributed by atoms with Gasteiger partial charge in [0.15, 0.2) is 5.76 Å². The van der Waals surface area contributed by atoms with E-state index in [9.17, 15) is 4.79 Å². The Bertz CT molecular complexity index is 1340. The molecular formula is C22H18N4O3S. The highest BCUT2D eigenvalue weighted by atomic mass is 32.2. The van der Waals surface area contributed by atoms with Crippen molar-refractivity contribution in [1.82, 2.24) is 14.8 Å². The maximum Gasteiger partial charge on any atom is 0.284 e. The molecule has 0 saturated carbocycles. The van der Waals surface area contributed by atoms with E-state index in [1.807, 2.05) is 24.3 Å². The largest absolute Gasteiger partial charge is 0.459 e. The first-order valence-electron chi connectivity index (χ1n) is 9.54. The molecule has 0 spiro atoms. The number of para-hydroxylation sites is 1. The SMILES string of the molecule is CCn1c2ccccc2c2cc(NC(=O)CSc3nnc(-c4ccco4)o3)ccc21. The zero-order valence-corrected chi connectivity index (χ0v) is 17.0. The van der Waals surface area contributed by atoms with Crippen molar-refractivity contribution in [3.63, 3.8) is 0 Å². The van der Waals surface area contributed by atoms with E-state index >= 15 is 0 Å². The van der Waals surface area contributed by atoms with Crippen LogP contribution in [0.4, 0.5) is 5.69 Å². The van der Waals surface area contributed by atoms with Crippen molar-refractivity contribution in [3.05, 3.63) is 60.9 Å². The first-order chi connectivity index (χ1) is 14.7. The van der Waals surface area contributed by atoms with Crippen molar-refractivity contribution >= 4 is 45.2 Å². The van der Waals surface area contributed by atoms with Gasteiger partial charge in [0.05, 0.1) is 12.0 Å². The van der Waals surface area contributed by atoms with E-state index in [4.69, 9.17) is 8.83 Å². The summed E-state index contributed by atoms with van der Waals surface area (Å²) in [7, 11) is 0. The summed E-state index contributed by atoms with van der Waals surface area (Å²) in [5, 5.41) is 13.4. The molecule has 8 heteroatoms. The smallest absolute Gasteiger partial charge is 0.284 e. The normalized spacial score (nSPS) is 11.4. The number of amides is 1. The summed E-state index contributed by atoms with van der Waals surface area (Å²) in [6, 6.07) is 17.8. The monoisotopic (exact) mass is 418 g/mol. The second kappa shape index (κ2) is 7.72. The number of anilines is 1. The van der Waals surface area contributed by atoms with E-state index in [-0.39, 0.29) is 11.7 Å². The Balaban J connectivity index is 1.31. The summed E-state index contributed by atoms with van der Waals surface area (Å²) in [4.78, 5) is 12.4. The van der Waals surface area contributed by atoms with Crippen LogP contribution in [0.2, 0.25) is 0 Å². The number of furan rings is 1. The maximum absolute atomic E-state index is 12.4. The van der Waals surface area contributed by atoms with Gasteiger partial charge in [-0.1, -0.05) is 30.0 Å². The molecule has 7 nitrogen and oxygen atoms in total. The van der Waals surface area contributed by atoms with Crippen molar-refractivity contribution in [2.75, 3.05) is 11.1 Å². The quantitative estimate of drug-likeness (QED) is 0.382. The highest BCUT2D eigenvalue weighted by Crippen LogP contribution is 2.31. The molecule has 0 bridgehead atoms. The molecule has 3 heterocycles. The molecule has 0 aliphatic rings. The molecule has 3 aromatic heterocycles. The van der Waals surface area contributed by atoms with Gasteiger partial charge in [0, 0.05) is 34.0 Å². The fraction of sp³-hybridized carbons (Fsp3) is 0.136. The Morgan fingerprint density at radius 1 is 1.07 bits per heavy atom. The van der Waals surface area contributed by atoms with Crippen LogP contribution >= 0.6 is 11.8 Å². The van der Waals surface area contributed by atoms with Gasteiger partial charge in [-0.05, 0) is 43.3 Å². The molecule has 2 aromatic carbocycles. The highest BCUT2D eigenvalue weighted by Gasteiger charge is 2.14. The van der Waals surface area contributed by atoms with Crippen LogP contribution < -0.4 is 5.32 Å². The first kappa shape index (κ1) is 18.5. The lowest BCUT2D eigenvalue weighted by atomic mass is 10.1. The molecule has 0 aliphatic heterocycles. The van der Waals surface area contributed by atoms with Gasteiger partial charge in [-0.3, -0.25) is 4.79 Å². The van der Waals surface area contributed by atoms with Crippen molar-refractivity contribution in [3.8, 4) is 11.7 Å². The zero-order valence-electron chi connectivity index (χ0n) is 16.2. The van der Waals surface area contributed by atoms with Crippen molar-refractivity contribution < 1.29 is 13.6 Å². The number of aryl methyl sites for hydroxylation is 1. The van der Waals surface area contributed by atoms with Crippen molar-refractivity contribution in [2.24, 2.45) is 0 Å². The van der Waals surface area contributed by atoms with Gasteiger partial charge in [0.25, 0.3) is 11.1 Å². The number of nitrogens with zero attached hydrogens (tertiary/aromatic N) is 3. The van der Waals surface area contributed by atoms with E-state index in [1.165, 1.54) is 28.9 Å². The van der Waals surface area contributed by atoms with Gasteiger partial charge in [-0.2, -0.15) is 0 Å². The Kier molecular flexibility index (Phi) is 4.76. The van der Waals surface area contributed by atoms with Gasteiger partial charge >= 0.3 is 0 Å². The molecule has 0 unspecified atom stereocenters. The molecule has 5 rings (SSSR count). The zero-order chi connectivity index (χ0) is 20.5. The average molecular weight is 418 g/mol. The van der Waals surface area contributed by atoms with Crippen LogP contribution in [0.25, 0.3) is 33.5 Å². The fourth-order valence-electron chi connectivity index (χ4n) is 3.56. The standard InChI is InChI=1S/C22H18N4O3S/c1-2-26-17-7-4-3-6-15(17)16-12-14(9-10-18(16)26)23-20(27)13-30-22-25-24-21(29-22)19-8-5-11-28-19/h3-12H,2,13H2,1H3,(H,23,27). The lowest BCUT2D eigenvalue weighted by Crippen LogP contribution is -2.13. The van der Waals surface area contributed by atoms with Crippen LogP contribution in [0.3, 0.4) is 0 Å². The Morgan fingerprint density at radius 2 is 1.93 bits per heavy atom. The topological polar surface area (TPSA) is 86.1 Å². The number of carbonyl (C=O) groups excluding carboxylic acids is 1. The van der Waals surface area contributed by atoms with Gasteiger partial charge in [-0.15, -0.1) is 10.2 Å².